The Hall–Kier alpha value is -1.71. The Morgan fingerprint density at radius 3 is 2.52 bits per heavy atom. The van der Waals surface area contributed by atoms with Gasteiger partial charge in [0.25, 0.3) is 0 Å². The fourth-order valence-electron chi connectivity index (χ4n) is 2.40. The highest BCUT2D eigenvalue weighted by Gasteiger charge is 2.12. The van der Waals surface area contributed by atoms with Crippen LogP contribution in [-0.2, 0) is 6.54 Å². The Bertz CT molecular complexity index is 610. The van der Waals surface area contributed by atoms with Crippen LogP contribution in [0.15, 0.2) is 36.4 Å². The van der Waals surface area contributed by atoms with Crippen LogP contribution >= 0.6 is 0 Å². The van der Waals surface area contributed by atoms with Crippen molar-refractivity contribution in [3.63, 3.8) is 0 Å². The van der Waals surface area contributed by atoms with Crippen LogP contribution in [0.5, 0.6) is 0 Å². The normalized spacial score (nSPS) is 12.7. The summed E-state index contributed by atoms with van der Waals surface area (Å²) in [6.45, 7) is 7.49. The molecule has 1 heterocycles. The number of benzene rings is 1. The van der Waals surface area contributed by atoms with E-state index in [0.29, 0.717) is 6.54 Å². The molecule has 112 valence electrons. The van der Waals surface area contributed by atoms with Gasteiger partial charge in [-0.05, 0) is 56.6 Å². The summed E-state index contributed by atoms with van der Waals surface area (Å²) in [7, 11) is 2.01. The molecule has 3 heteroatoms. The second-order valence-corrected chi connectivity index (χ2v) is 5.83. The van der Waals surface area contributed by atoms with Crippen molar-refractivity contribution in [1.82, 2.24) is 9.88 Å². The number of hydrogen-bond donors (Lipinski definition) is 1. The van der Waals surface area contributed by atoms with E-state index in [1.807, 2.05) is 38.2 Å². The third-order valence-corrected chi connectivity index (χ3v) is 3.78. The molecule has 1 aromatic carbocycles. The van der Waals surface area contributed by atoms with Gasteiger partial charge in [-0.25, -0.2) is 0 Å². The molecule has 3 nitrogen and oxygen atoms in total. The summed E-state index contributed by atoms with van der Waals surface area (Å²) in [5, 5.41) is 10.4. The summed E-state index contributed by atoms with van der Waals surface area (Å²) >= 11 is 0. The number of pyridine rings is 1. The predicted molar refractivity (Wildman–Crippen MR) is 86.2 cm³/mol. The average Bonchev–Trinajstić information content (AvgIpc) is 2.41. The van der Waals surface area contributed by atoms with Gasteiger partial charge in [-0.3, -0.25) is 9.88 Å². The molecule has 2 aromatic rings. The van der Waals surface area contributed by atoms with E-state index in [-0.39, 0.29) is 0 Å². The first-order valence-corrected chi connectivity index (χ1v) is 7.32. The van der Waals surface area contributed by atoms with E-state index in [1.54, 1.807) is 0 Å². The van der Waals surface area contributed by atoms with Gasteiger partial charge >= 0.3 is 0 Å². The highest BCUT2D eigenvalue weighted by Crippen LogP contribution is 2.18. The quantitative estimate of drug-likeness (QED) is 0.916. The van der Waals surface area contributed by atoms with Crippen LogP contribution in [0.25, 0.3) is 0 Å². The Morgan fingerprint density at radius 2 is 1.86 bits per heavy atom. The van der Waals surface area contributed by atoms with Crippen molar-refractivity contribution in [1.29, 1.82) is 0 Å². The molecule has 2 rings (SSSR count). The van der Waals surface area contributed by atoms with Gasteiger partial charge < -0.3 is 5.11 Å². The van der Waals surface area contributed by atoms with E-state index in [4.69, 9.17) is 0 Å². The Balaban J connectivity index is 1.98. The minimum absolute atomic E-state index is 0.473. The van der Waals surface area contributed by atoms with E-state index in [2.05, 4.69) is 35.9 Å². The summed E-state index contributed by atoms with van der Waals surface area (Å²) in [4.78, 5) is 6.59. The molecular weight excluding hydrogens is 260 g/mol. The van der Waals surface area contributed by atoms with E-state index in [9.17, 15) is 5.11 Å². The lowest BCUT2D eigenvalue weighted by Gasteiger charge is -2.21. The molecule has 1 unspecified atom stereocenters. The standard InChI is InChI=1S/C18H24N2O/c1-13-8-9-16(10-14(13)2)18(21)12-20(4)11-17-7-5-6-15(3)19-17/h5-10,18,21H,11-12H2,1-4H3. The summed E-state index contributed by atoms with van der Waals surface area (Å²) in [6, 6.07) is 12.2. The highest BCUT2D eigenvalue weighted by molar-refractivity contribution is 5.31. The third-order valence-electron chi connectivity index (χ3n) is 3.78. The van der Waals surface area contributed by atoms with E-state index < -0.39 is 6.10 Å². The summed E-state index contributed by atoms with van der Waals surface area (Å²) in [5.74, 6) is 0. The number of nitrogens with zero attached hydrogens (tertiary/aromatic N) is 2. The number of aryl methyl sites for hydroxylation is 3. The van der Waals surface area contributed by atoms with Crippen LogP contribution in [-0.4, -0.2) is 28.6 Å². The van der Waals surface area contributed by atoms with Crippen LogP contribution in [0.2, 0.25) is 0 Å². The van der Waals surface area contributed by atoms with Gasteiger partial charge in [0.15, 0.2) is 0 Å². The zero-order chi connectivity index (χ0) is 15.4. The minimum atomic E-state index is -0.473. The van der Waals surface area contributed by atoms with Crippen molar-refractivity contribution < 1.29 is 5.11 Å². The van der Waals surface area contributed by atoms with Gasteiger partial charge in [0.1, 0.15) is 0 Å². The van der Waals surface area contributed by atoms with Gasteiger partial charge in [-0.1, -0.05) is 24.3 Å². The van der Waals surface area contributed by atoms with Crippen molar-refractivity contribution in [2.75, 3.05) is 13.6 Å². The topological polar surface area (TPSA) is 36.4 Å². The lowest BCUT2D eigenvalue weighted by atomic mass is 10.0. The molecule has 0 fully saturated rings. The SMILES string of the molecule is Cc1cccc(CN(C)CC(O)c2ccc(C)c(C)c2)n1. The first-order chi connectivity index (χ1) is 9.95. The number of aliphatic hydroxyl groups is 1. The highest BCUT2D eigenvalue weighted by atomic mass is 16.3. The Labute approximate surface area is 127 Å². The smallest absolute Gasteiger partial charge is 0.0917 e. The number of aliphatic hydroxyl groups excluding tert-OH is 1. The number of rotatable bonds is 5. The molecule has 0 amide bonds. The van der Waals surface area contributed by atoms with Crippen LogP contribution < -0.4 is 0 Å². The summed E-state index contributed by atoms with van der Waals surface area (Å²) in [6.07, 6.45) is -0.473. The van der Waals surface area contributed by atoms with Crippen LogP contribution in [0, 0.1) is 20.8 Å². The van der Waals surface area contributed by atoms with Gasteiger partial charge in [0.2, 0.25) is 0 Å². The molecule has 0 aliphatic heterocycles. The molecule has 0 radical (unpaired) electrons. The Kier molecular flexibility index (Phi) is 5.10. The lowest BCUT2D eigenvalue weighted by Crippen LogP contribution is -2.24. The predicted octanol–water partition coefficient (Wildman–Crippen LogP) is 3.17. The van der Waals surface area contributed by atoms with Crippen molar-refractivity contribution in [2.24, 2.45) is 0 Å². The van der Waals surface area contributed by atoms with E-state index in [0.717, 1.165) is 23.5 Å². The number of aromatic nitrogens is 1. The van der Waals surface area contributed by atoms with E-state index in [1.165, 1.54) is 11.1 Å². The van der Waals surface area contributed by atoms with Gasteiger partial charge in [-0.15, -0.1) is 0 Å². The van der Waals surface area contributed by atoms with Crippen molar-refractivity contribution in [3.8, 4) is 0 Å². The molecule has 1 N–H and O–H groups in total. The molecule has 0 bridgehead atoms. The van der Waals surface area contributed by atoms with Crippen LogP contribution in [0.4, 0.5) is 0 Å². The van der Waals surface area contributed by atoms with Crippen molar-refractivity contribution in [2.45, 2.75) is 33.4 Å². The fourth-order valence-corrected chi connectivity index (χ4v) is 2.40. The second kappa shape index (κ2) is 6.83. The lowest BCUT2D eigenvalue weighted by molar-refractivity contribution is 0.123. The molecule has 1 atom stereocenters. The van der Waals surface area contributed by atoms with E-state index >= 15 is 0 Å². The van der Waals surface area contributed by atoms with Crippen molar-refractivity contribution in [3.05, 3.63) is 64.5 Å². The fraction of sp³-hybridized carbons (Fsp3) is 0.389. The second-order valence-electron chi connectivity index (χ2n) is 5.83. The summed E-state index contributed by atoms with van der Waals surface area (Å²) in [5.41, 5.74) is 5.50. The molecule has 1 aromatic heterocycles. The molecule has 0 aliphatic carbocycles. The van der Waals surface area contributed by atoms with Crippen LogP contribution in [0.3, 0.4) is 0 Å². The molecule has 0 spiro atoms. The van der Waals surface area contributed by atoms with Gasteiger partial charge in [-0.2, -0.15) is 0 Å². The maximum atomic E-state index is 10.4. The third kappa shape index (κ3) is 4.38. The largest absolute Gasteiger partial charge is 0.387 e. The number of likely N-dealkylation sites (N-methyl/N-ethyl adjacent to an activating group) is 1. The summed E-state index contributed by atoms with van der Waals surface area (Å²) < 4.78 is 0. The monoisotopic (exact) mass is 284 g/mol. The number of hydrogen-bond acceptors (Lipinski definition) is 3. The zero-order valence-electron chi connectivity index (χ0n) is 13.3. The van der Waals surface area contributed by atoms with Crippen LogP contribution in [0.1, 0.15) is 34.2 Å². The molecular formula is C18H24N2O. The average molecular weight is 284 g/mol. The maximum Gasteiger partial charge on any atom is 0.0917 e. The van der Waals surface area contributed by atoms with Crippen molar-refractivity contribution >= 4 is 0 Å². The zero-order valence-corrected chi connectivity index (χ0v) is 13.3. The first kappa shape index (κ1) is 15.7. The van der Waals surface area contributed by atoms with Gasteiger partial charge in [0, 0.05) is 18.8 Å². The maximum absolute atomic E-state index is 10.4. The molecule has 21 heavy (non-hydrogen) atoms. The Morgan fingerprint density at radius 1 is 1.10 bits per heavy atom. The van der Waals surface area contributed by atoms with Gasteiger partial charge in [0.05, 0.1) is 11.8 Å². The first-order valence-electron chi connectivity index (χ1n) is 7.32. The molecule has 0 saturated heterocycles. The molecule has 0 saturated carbocycles. The molecule has 0 aliphatic rings. The minimum Gasteiger partial charge on any atom is -0.387 e.